The zero-order valence-corrected chi connectivity index (χ0v) is 27.7. The van der Waals surface area contributed by atoms with Crippen LogP contribution in [0.1, 0.15) is 73.1 Å². The van der Waals surface area contributed by atoms with Crippen molar-refractivity contribution in [2.75, 3.05) is 33.4 Å². The maximum atomic E-state index is 14.4. The minimum absolute atomic E-state index is 0.0198. The molecular formula is C31H50N6O9. The molecule has 0 aromatic heterocycles. The molecule has 4 aliphatic rings. The predicted octanol–water partition coefficient (Wildman–Crippen LogP) is 0.389. The molecule has 1 spiro atoms. The molecule has 5 amide bonds. The number of alkyl carbamates (subject to hydrolysis) is 1. The Hall–Kier alpha value is -3.43. The number of methoxy groups -OCH3 is 1. The summed E-state index contributed by atoms with van der Waals surface area (Å²) in [6, 6.07) is -2.69. The number of rotatable bonds is 13. The van der Waals surface area contributed by atoms with Crippen molar-refractivity contribution < 1.29 is 43.0 Å². The summed E-state index contributed by atoms with van der Waals surface area (Å²) in [4.78, 5) is 74.3. The molecular weight excluding hydrogens is 600 g/mol. The summed E-state index contributed by atoms with van der Waals surface area (Å²) in [6.45, 7) is 10.2. The van der Waals surface area contributed by atoms with E-state index in [-0.39, 0.29) is 43.1 Å². The van der Waals surface area contributed by atoms with E-state index >= 15 is 0 Å². The second-order valence-electron chi connectivity index (χ2n) is 13.5. The summed E-state index contributed by atoms with van der Waals surface area (Å²) in [5.41, 5.74) is 0.850. The van der Waals surface area contributed by atoms with Crippen molar-refractivity contribution in [1.82, 2.24) is 31.6 Å². The SMILES string of the molecule is CCC[C@H](NC(=O)[C@@H]1C[C@]2(C=C(C(=O)NCC)NO2)CN1C(=O)[C@@H](NC(=O)O[C@H]1CCOC1)C(C)(C)C)C(OC)C(=O)NC1CC1. The molecule has 3 heterocycles. The van der Waals surface area contributed by atoms with Gasteiger partial charge in [-0.1, -0.05) is 34.1 Å². The van der Waals surface area contributed by atoms with E-state index in [2.05, 4.69) is 26.7 Å². The van der Waals surface area contributed by atoms with Gasteiger partial charge in [0.05, 0.1) is 25.8 Å². The number of hydrogen-bond acceptors (Lipinski definition) is 10. The minimum atomic E-state index is -1.20. The second-order valence-corrected chi connectivity index (χ2v) is 13.5. The Kier molecular flexibility index (Phi) is 11.5. The van der Waals surface area contributed by atoms with Gasteiger partial charge in [-0.2, -0.15) is 0 Å². The van der Waals surface area contributed by atoms with Crippen molar-refractivity contribution in [3.63, 3.8) is 0 Å². The first-order valence-electron chi connectivity index (χ1n) is 16.2. The van der Waals surface area contributed by atoms with Crippen LogP contribution in [0.5, 0.6) is 0 Å². The quantitative estimate of drug-likeness (QED) is 0.187. The van der Waals surface area contributed by atoms with Crippen molar-refractivity contribution in [2.45, 2.75) is 115 Å². The van der Waals surface area contributed by atoms with E-state index in [0.29, 0.717) is 32.4 Å². The molecule has 3 fully saturated rings. The number of amides is 5. The van der Waals surface area contributed by atoms with Crippen LogP contribution in [-0.4, -0.2) is 110 Å². The summed E-state index contributed by atoms with van der Waals surface area (Å²) in [6.07, 6.45) is 2.98. The maximum absolute atomic E-state index is 14.4. The fourth-order valence-electron chi connectivity index (χ4n) is 5.97. The van der Waals surface area contributed by atoms with Gasteiger partial charge in [-0.25, -0.2) is 4.79 Å². The highest BCUT2D eigenvalue weighted by atomic mass is 16.7. The van der Waals surface area contributed by atoms with E-state index in [4.69, 9.17) is 19.0 Å². The molecule has 0 bridgehead atoms. The Morgan fingerprint density at radius 3 is 2.46 bits per heavy atom. The van der Waals surface area contributed by atoms with Crippen LogP contribution in [0.4, 0.5) is 4.79 Å². The second kappa shape index (κ2) is 15.0. The number of ether oxygens (including phenoxy) is 3. The maximum Gasteiger partial charge on any atom is 0.408 e. The van der Waals surface area contributed by atoms with Gasteiger partial charge in [-0.05, 0) is 37.7 Å². The van der Waals surface area contributed by atoms with E-state index < -0.39 is 59.3 Å². The van der Waals surface area contributed by atoms with Crippen molar-refractivity contribution >= 4 is 29.7 Å². The lowest BCUT2D eigenvalue weighted by Crippen LogP contribution is -2.60. The van der Waals surface area contributed by atoms with Crippen molar-refractivity contribution in [3.05, 3.63) is 11.8 Å². The molecule has 5 N–H and O–H groups in total. The van der Waals surface area contributed by atoms with E-state index in [1.807, 2.05) is 6.92 Å². The molecule has 3 aliphatic heterocycles. The highest BCUT2D eigenvalue weighted by molar-refractivity contribution is 5.95. The van der Waals surface area contributed by atoms with E-state index in [1.54, 1.807) is 33.8 Å². The van der Waals surface area contributed by atoms with Crippen LogP contribution in [0.15, 0.2) is 11.8 Å². The summed E-state index contributed by atoms with van der Waals surface area (Å²) >= 11 is 0. The van der Waals surface area contributed by atoms with Gasteiger partial charge in [0, 0.05) is 32.5 Å². The van der Waals surface area contributed by atoms with Crippen molar-refractivity contribution in [3.8, 4) is 0 Å². The zero-order valence-electron chi connectivity index (χ0n) is 27.7. The number of nitrogens with zero attached hydrogens (tertiary/aromatic N) is 1. The molecule has 0 aromatic rings. The van der Waals surface area contributed by atoms with Gasteiger partial charge in [0.25, 0.3) is 11.8 Å². The summed E-state index contributed by atoms with van der Waals surface area (Å²) in [5.74, 6) is -1.72. The molecule has 2 saturated heterocycles. The van der Waals surface area contributed by atoms with Crippen LogP contribution < -0.4 is 26.7 Å². The molecule has 15 nitrogen and oxygen atoms in total. The zero-order chi connectivity index (χ0) is 33.6. The highest BCUT2D eigenvalue weighted by Gasteiger charge is 2.54. The van der Waals surface area contributed by atoms with E-state index in [9.17, 15) is 24.0 Å². The molecule has 0 aromatic carbocycles. The third-order valence-corrected chi connectivity index (χ3v) is 8.56. The Labute approximate surface area is 270 Å². The van der Waals surface area contributed by atoms with Gasteiger partial charge >= 0.3 is 6.09 Å². The third-order valence-electron chi connectivity index (χ3n) is 8.56. The molecule has 15 heteroatoms. The minimum Gasteiger partial charge on any atom is -0.444 e. The van der Waals surface area contributed by atoms with Crippen molar-refractivity contribution in [1.29, 1.82) is 0 Å². The lowest BCUT2D eigenvalue weighted by Gasteiger charge is -2.36. The molecule has 1 saturated carbocycles. The number of hydrogen-bond donors (Lipinski definition) is 5. The van der Waals surface area contributed by atoms with Gasteiger partial charge < -0.3 is 40.4 Å². The summed E-state index contributed by atoms with van der Waals surface area (Å²) in [5, 5.41) is 11.3. The number of nitrogens with one attached hydrogen (secondary N) is 5. The fourth-order valence-corrected chi connectivity index (χ4v) is 5.97. The lowest BCUT2D eigenvalue weighted by atomic mass is 9.85. The first-order chi connectivity index (χ1) is 21.8. The predicted molar refractivity (Wildman–Crippen MR) is 165 cm³/mol. The Morgan fingerprint density at radius 2 is 1.87 bits per heavy atom. The normalized spacial score (nSPS) is 26.0. The van der Waals surface area contributed by atoms with Gasteiger partial charge in [-0.3, -0.25) is 29.5 Å². The fraction of sp³-hybridized carbons (Fsp3) is 0.774. The Balaban J connectivity index is 1.60. The average Bonchev–Trinajstić information content (AvgIpc) is 3.34. The topological polar surface area (TPSA) is 186 Å². The number of likely N-dealkylation sites (N-methyl/N-ethyl adjacent to an activating group) is 1. The third kappa shape index (κ3) is 8.68. The number of hydroxylamine groups is 1. The molecule has 1 unspecified atom stereocenters. The number of carbonyl (C=O) groups excluding carboxylic acids is 5. The van der Waals surface area contributed by atoms with E-state index in [1.165, 1.54) is 12.0 Å². The van der Waals surface area contributed by atoms with Crippen molar-refractivity contribution in [2.24, 2.45) is 5.41 Å². The smallest absolute Gasteiger partial charge is 0.408 e. The van der Waals surface area contributed by atoms with Crippen LogP contribution in [0.25, 0.3) is 0 Å². The Morgan fingerprint density at radius 1 is 1.13 bits per heavy atom. The van der Waals surface area contributed by atoms with Crippen LogP contribution >= 0.6 is 0 Å². The Bertz CT molecular complexity index is 1180. The first kappa shape index (κ1) is 35.4. The number of carbonyl (C=O) groups is 5. The first-order valence-corrected chi connectivity index (χ1v) is 16.2. The average molecular weight is 651 g/mol. The van der Waals surface area contributed by atoms with Gasteiger partial charge in [0.15, 0.2) is 6.10 Å². The summed E-state index contributed by atoms with van der Waals surface area (Å²) in [7, 11) is 1.43. The molecule has 0 radical (unpaired) electrons. The van der Waals surface area contributed by atoms with E-state index in [0.717, 1.165) is 12.8 Å². The largest absolute Gasteiger partial charge is 0.444 e. The van der Waals surface area contributed by atoms with Crippen LogP contribution in [0, 0.1) is 5.41 Å². The highest BCUT2D eigenvalue weighted by Crippen LogP contribution is 2.37. The summed E-state index contributed by atoms with van der Waals surface area (Å²) < 4.78 is 16.3. The monoisotopic (exact) mass is 650 g/mol. The number of likely N-dealkylation sites (tertiary alicyclic amines) is 1. The standard InChI is InChI=1S/C31H50N6O9/c1-7-9-20(23(43-6)27(40)33-18-10-11-18)34-26(39)22-15-31(14-21(36-46-31)25(38)32-8-2)17-37(22)28(41)24(30(3,4)5)35-29(42)45-19-12-13-44-16-19/h14,18-20,22-24,36H,7-13,15-17H2,1-6H3,(H,32,38)(H,33,40)(H,34,39)(H,35,42)/t19-,20-,22-,23?,24+,31+/m0/s1. The van der Waals surface area contributed by atoms with Gasteiger partial charge in [0.1, 0.15) is 29.5 Å². The molecule has 1 aliphatic carbocycles. The molecule has 46 heavy (non-hydrogen) atoms. The molecule has 6 atom stereocenters. The molecule has 258 valence electrons. The van der Waals surface area contributed by atoms with Gasteiger partial charge in [-0.15, -0.1) is 0 Å². The van der Waals surface area contributed by atoms with Gasteiger partial charge in [0.2, 0.25) is 11.8 Å². The lowest BCUT2D eigenvalue weighted by molar-refractivity contribution is -0.143. The van der Waals surface area contributed by atoms with Crippen LogP contribution in [0.3, 0.4) is 0 Å². The van der Waals surface area contributed by atoms with Crippen LogP contribution in [-0.2, 0) is 38.2 Å². The molecule has 4 rings (SSSR count). The van der Waals surface area contributed by atoms with Crippen LogP contribution in [0.2, 0.25) is 0 Å².